The summed E-state index contributed by atoms with van der Waals surface area (Å²) in [5, 5.41) is 10.6. The van der Waals surface area contributed by atoms with E-state index < -0.39 is 97.5 Å². The predicted molar refractivity (Wildman–Crippen MR) is 404 cm³/mol. The Bertz CT molecular complexity index is 1940. The van der Waals surface area contributed by atoms with Gasteiger partial charge in [0.1, 0.15) is 19.3 Å². The van der Waals surface area contributed by atoms with Crippen molar-refractivity contribution in [1.29, 1.82) is 0 Å². The number of rotatable bonds is 77. The number of aliphatic hydroxyl groups excluding tert-OH is 1. The Morgan fingerprint density at radius 3 is 0.626 bits per heavy atom. The van der Waals surface area contributed by atoms with Gasteiger partial charge in [-0.2, -0.15) is 0 Å². The third kappa shape index (κ3) is 74.1. The van der Waals surface area contributed by atoms with Gasteiger partial charge in [-0.3, -0.25) is 37.3 Å². The molecule has 99 heavy (non-hydrogen) atoms. The molecule has 0 aromatic heterocycles. The van der Waals surface area contributed by atoms with E-state index >= 15 is 0 Å². The Morgan fingerprint density at radius 1 is 0.253 bits per heavy atom. The minimum Gasteiger partial charge on any atom is -0.462 e. The van der Waals surface area contributed by atoms with Crippen molar-refractivity contribution in [3.05, 3.63) is 0 Å². The summed E-state index contributed by atoms with van der Waals surface area (Å²) >= 11 is 0. The standard InChI is InChI=1S/C80H156O17P2/c1-70(2)56-48-40-32-27-23-19-15-11-9-10-12-18-22-26-30-36-46-54-62-79(84)96-75(66-90-77(82)60-52-44-35-29-25-21-17-14-13-16-20-24-28-33-41-49-57-71(3)4)68-94-98(86,87)92-64-74(81)65-93-99(88,89)95-69-76(67-91-78(83)61-53-45-39-38-43-51-59-73(7)8)97-80(85)63-55-47-37-31-34-42-50-58-72(5)6/h70-76,81H,9-69H2,1-8H3,(H,86,87)(H,88,89)/t74-,75-,76-/m1/s1. The molecule has 5 atom stereocenters. The number of carbonyl (C=O) groups excluding carboxylic acids is 4. The van der Waals surface area contributed by atoms with Crippen LogP contribution in [0.5, 0.6) is 0 Å². The lowest BCUT2D eigenvalue weighted by molar-refractivity contribution is -0.161. The molecule has 0 saturated carbocycles. The van der Waals surface area contributed by atoms with E-state index in [1.807, 2.05) is 0 Å². The Hall–Kier alpha value is -1.94. The third-order valence-corrected chi connectivity index (χ3v) is 20.5. The molecular formula is C80H156O17P2. The van der Waals surface area contributed by atoms with Crippen molar-refractivity contribution in [3.63, 3.8) is 0 Å². The topological polar surface area (TPSA) is 237 Å². The van der Waals surface area contributed by atoms with Gasteiger partial charge in [0.2, 0.25) is 0 Å². The molecule has 0 spiro atoms. The summed E-state index contributed by atoms with van der Waals surface area (Å²) in [6.07, 6.45) is 56.0. The van der Waals surface area contributed by atoms with E-state index in [2.05, 4.69) is 55.4 Å². The fourth-order valence-corrected chi connectivity index (χ4v) is 13.8. The first-order chi connectivity index (χ1) is 47.6. The Kier molecular flexibility index (Phi) is 67.8. The molecule has 0 saturated heterocycles. The molecule has 17 nitrogen and oxygen atoms in total. The van der Waals surface area contributed by atoms with Crippen molar-refractivity contribution in [2.45, 2.75) is 427 Å². The first-order valence-electron chi connectivity index (χ1n) is 41.2. The van der Waals surface area contributed by atoms with Crippen LogP contribution in [0.15, 0.2) is 0 Å². The zero-order valence-electron chi connectivity index (χ0n) is 65.1. The molecule has 0 aliphatic rings. The second kappa shape index (κ2) is 69.1. The molecule has 0 radical (unpaired) electrons. The number of hydrogen-bond acceptors (Lipinski definition) is 15. The highest BCUT2D eigenvalue weighted by Gasteiger charge is 2.30. The van der Waals surface area contributed by atoms with E-state index in [4.69, 9.17) is 37.0 Å². The van der Waals surface area contributed by atoms with Crippen LogP contribution < -0.4 is 0 Å². The van der Waals surface area contributed by atoms with Crippen molar-refractivity contribution in [2.75, 3.05) is 39.6 Å². The van der Waals surface area contributed by atoms with Crippen LogP contribution in [0.3, 0.4) is 0 Å². The summed E-state index contributed by atoms with van der Waals surface area (Å²) in [5.41, 5.74) is 0. The minimum atomic E-state index is -4.96. The Morgan fingerprint density at radius 2 is 0.424 bits per heavy atom. The van der Waals surface area contributed by atoms with Gasteiger partial charge in [0.05, 0.1) is 26.4 Å². The lowest BCUT2D eigenvalue weighted by atomic mass is 10.0. The summed E-state index contributed by atoms with van der Waals surface area (Å²) in [7, 11) is -9.92. The van der Waals surface area contributed by atoms with Crippen LogP contribution in [0.1, 0.15) is 409 Å². The summed E-state index contributed by atoms with van der Waals surface area (Å²) < 4.78 is 68.6. The van der Waals surface area contributed by atoms with Crippen molar-refractivity contribution in [2.24, 2.45) is 23.7 Å². The normalized spacial score (nSPS) is 14.1. The van der Waals surface area contributed by atoms with E-state index in [0.717, 1.165) is 108 Å². The number of esters is 4. The van der Waals surface area contributed by atoms with E-state index in [1.165, 1.54) is 205 Å². The van der Waals surface area contributed by atoms with Gasteiger partial charge in [0.25, 0.3) is 0 Å². The predicted octanol–water partition coefficient (Wildman–Crippen LogP) is 23.6. The van der Waals surface area contributed by atoms with Gasteiger partial charge in [-0.15, -0.1) is 0 Å². The van der Waals surface area contributed by atoms with Gasteiger partial charge in [-0.1, -0.05) is 357 Å². The highest BCUT2D eigenvalue weighted by atomic mass is 31.2. The van der Waals surface area contributed by atoms with Gasteiger partial charge in [-0.25, -0.2) is 9.13 Å². The molecule has 0 amide bonds. The van der Waals surface area contributed by atoms with Crippen LogP contribution >= 0.6 is 15.6 Å². The molecule has 19 heteroatoms. The molecular weight excluding hydrogens is 1290 g/mol. The SMILES string of the molecule is CC(C)CCCCCCCCCCCCCCCCCCCCC(=O)O[C@H](COC(=O)CCCCCCCCCCCCCCCCCCC(C)C)COP(=O)(O)OC[C@@H](O)COP(=O)(O)OC[C@@H](COC(=O)CCCCCCCCC(C)C)OC(=O)CCCCCCCCCC(C)C. The molecule has 0 bridgehead atoms. The molecule has 0 heterocycles. The molecule has 0 fully saturated rings. The number of phosphoric ester groups is 2. The van der Waals surface area contributed by atoms with Gasteiger partial charge < -0.3 is 33.8 Å². The fraction of sp³-hybridized carbons (Fsp3) is 0.950. The summed E-state index contributed by atoms with van der Waals surface area (Å²) in [6.45, 7) is 14.1. The van der Waals surface area contributed by atoms with Crippen LogP contribution in [0.2, 0.25) is 0 Å². The van der Waals surface area contributed by atoms with E-state index in [1.54, 1.807) is 0 Å². The lowest BCUT2D eigenvalue weighted by Gasteiger charge is -2.21. The molecule has 0 rings (SSSR count). The summed E-state index contributed by atoms with van der Waals surface area (Å²) in [4.78, 5) is 72.8. The van der Waals surface area contributed by atoms with Crippen molar-refractivity contribution in [3.8, 4) is 0 Å². The van der Waals surface area contributed by atoms with Crippen LogP contribution in [0.4, 0.5) is 0 Å². The van der Waals surface area contributed by atoms with Crippen LogP contribution in [0, 0.1) is 23.7 Å². The summed E-state index contributed by atoms with van der Waals surface area (Å²) in [6, 6.07) is 0. The van der Waals surface area contributed by atoms with Crippen LogP contribution in [-0.2, 0) is 65.4 Å². The molecule has 0 aromatic carbocycles. The first kappa shape index (κ1) is 97.1. The largest absolute Gasteiger partial charge is 0.472 e. The number of unbranched alkanes of at least 4 members (excludes halogenated alkanes) is 43. The lowest BCUT2D eigenvalue weighted by Crippen LogP contribution is -2.30. The van der Waals surface area contributed by atoms with Gasteiger partial charge in [0, 0.05) is 25.7 Å². The average Bonchev–Trinajstić information content (AvgIpc) is 0.949. The van der Waals surface area contributed by atoms with Gasteiger partial charge in [0.15, 0.2) is 12.2 Å². The van der Waals surface area contributed by atoms with E-state index in [9.17, 15) is 43.2 Å². The number of hydrogen-bond donors (Lipinski definition) is 3. The van der Waals surface area contributed by atoms with E-state index in [-0.39, 0.29) is 25.7 Å². The molecule has 0 aliphatic heterocycles. The maximum absolute atomic E-state index is 13.1. The van der Waals surface area contributed by atoms with Gasteiger partial charge >= 0.3 is 39.5 Å². The van der Waals surface area contributed by atoms with Crippen molar-refractivity contribution in [1.82, 2.24) is 0 Å². The average molecular weight is 1450 g/mol. The number of ether oxygens (including phenoxy) is 4. The third-order valence-electron chi connectivity index (χ3n) is 18.6. The maximum Gasteiger partial charge on any atom is 0.472 e. The van der Waals surface area contributed by atoms with Crippen LogP contribution in [-0.4, -0.2) is 96.7 Å². The zero-order valence-corrected chi connectivity index (χ0v) is 66.9. The highest BCUT2D eigenvalue weighted by molar-refractivity contribution is 7.47. The number of aliphatic hydroxyl groups is 1. The molecule has 2 unspecified atom stereocenters. The van der Waals surface area contributed by atoms with Crippen LogP contribution in [0.25, 0.3) is 0 Å². The quantitative estimate of drug-likeness (QED) is 0.0222. The monoisotopic (exact) mass is 1450 g/mol. The van der Waals surface area contributed by atoms with Crippen molar-refractivity contribution >= 4 is 39.5 Å². The minimum absolute atomic E-state index is 0.102. The highest BCUT2D eigenvalue weighted by Crippen LogP contribution is 2.45. The molecule has 588 valence electrons. The Labute approximate surface area is 607 Å². The summed E-state index contributed by atoms with van der Waals surface area (Å²) in [5.74, 6) is 0.887. The fourth-order valence-electron chi connectivity index (χ4n) is 12.3. The van der Waals surface area contributed by atoms with Gasteiger partial charge in [-0.05, 0) is 49.4 Å². The first-order valence-corrected chi connectivity index (χ1v) is 44.2. The zero-order chi connectivity index (χ0) is 73.1. The second-order valence-electron chi connectivity index (χ2n) is 30.7. The Balaban J connectivity index is 5.18. The maximum atomic E-state index is 13.1. The molecule has 0 aromatic rings. The number of phosphoric acid groups is 2. The smallest absolute Gasteiger partial charge is 0.462 e. The number of carbonyl (C=O) groups is 4. The van der Waals surface area contributed by atoms with E-state index in [0.29, 0.717) is 37.5 Å². The molecule has 0 aliphatic carbocycles. The van der Waals surface area contributed by atoms with Crippen molar-refractivity contribution < 1.29 is 80.2 Å². The second-order valence-corrected chi connectivity index (χ2v) is 33.6. The molecule has 3 N–H and O–H groups in total.